The van der Waals surface area contributed by atoms with Crippen LogP contribution in [0.1, 0.15) is 56.2 Å². The van der Waals surface area contributed by atoms with Gasteiger partial charge >= 0.3 is 11.9 Å². The number of amides is 1. The number of esters is 2. The van der Waals surface area contributed by atoms with Crippen molar-refractivity contribution < 1.29 is 23.9 Å². The summed E-state index contributed by atoms with van der Waals surface area (Å²) in [6, 6.07) is 7.52. The molecular weight excluding hydrogens is 348 g/mol. The van der Waals surface area contributed by atoms with Crippen LogP contribution in [0.15, 0.2) is 24.3 Å². The van der Waals surface area contributed by atoms with Crippen LogP contribution in [0.3, 0.4) is 0 Å². The van der Waals surface area contributed by atoms with Crippen LogP contribution < -0.4 is 5.32 Å². The van der Waals surface area contributed by atoms with Crippen LogP contribution >= 0.6 is 0 Å². The van der Waals surface area contributed by atoms with E-state index >= 15 is 0 Å². The van der Waals surface area contributed by atoms with Crippen molar-refractivity contribution in [1.82, 2.24) is 10.3 Å². The van der Waals surface area contributed by atoms with E-state index in [2.05, 4.69) is 10.3 Å². The number of methoxy groups -OCH3 is 1. The van der Waals surface area contributed by atoms with Gasteiger partial charge in [0.1, 0.15) is 5.69 Å². The monoisotopic (exact) mass is 372 g/mol. The van der Waals surface area contributed by atoms with Gasteiger partial charge in [0.05, 0.1) is 18.7 Å². The van der Waals surface area contributed by atoms with Crippen LogP contribution in [0.5, 0.6) is 0 Å². The number of benzene rings is 1. The highest BCUT2D eigenvalue weighted by Gasteiger charge is 2.24. The molecule has 2 rings (SSSR count). The van der Waals surface area contributed by atoms with E-state index in [1.165, 1.54) is 7.11 Å². The molecule has 0 fully saturated rings. The van der Waals surface area contributed by atoms with Gasteiger partial charge in [-0.05, 0) is 44.4 Å². The zero-order valence-corrected chi connectivity index (χ0v) is 16.1. The molecule has 7 heteroatoms. The molecule has 0 saturated carbocycles. The molecule has 1 atom stereocenters. The van der Waals surface area contributed by atoms with Crippen molar-refractivity contribution in [2.24, 2.45) is 0 Å². The highest BCUT2D eigenvalue weighted by molar-refractivity contribution is 5.99. The highest BCUT2D eigenvalue weighted by atomic mass is 16.5. The summed E-state index contributed by atoms with van der Waals surface area (Å²) in [5, 5.41) is 2.80. The summed E-state index contributed by atoms with van der Waals surface area (Å²) >= 11 is 0. The van der Waals surface area contributed by atoms with Gasteiger partial charge in [-0.1, -0.05) is 24.3 Å². The first-order valence-electron chi connectivity index (χ1n) is 8.55. The Hall–Kier alpha value is -3.09. The number of carbonyl (C=O) groups excluding carboxylic acids is 3. The number of hydrogen-bond acceptors (Lipinski definition) is 5. The van der Waals surface area contributed by atoms with E-state index in [4.69, 9.17) is 9.47 Å². The number of aromatic nitrogens is 1. The summed E-state index contributed by atoms with van der Waals surface area (Å²) in [4.78, 5) is 39.0. The minimum absolute atomic E-state index is 0.132. The predicted octanol–water partition coefficient (Wildman–Crippen LogP) is 2.76. The van der Waals surface area contributed by atoms with E-state index in [9.17, 15) is 14.4 Å². The fourth-order valence-electron chi connectivity index (χ4n) is 3.00. The Morgan fingerprint density at radius 3 is 2.41 bits per heavy atom. The van der Waals surface area contributed by atoms with E-state index in [1.807, 2.05) is 38.1 Å². The smallest absolute Gasteiger partial charge is 0.355 e. The zero-order chi connectivity index (χ0) is 20.1. The second kappa shape index (κ2) is 8.53. The standard InChI is InChI=1S/C20H24N2O5/c1-11-8-6-7-9-15(11)13(3)21-16(23)10-27-20(25)18-12(2)17(14(4)22-18)19(24)26-5/h6-9,13,22H,10H2,1-5H3,(H,21,23). The van der Waals surface area contributed by atoms with Crippen LogP contribution in [-0.4, -0.2) is 36.5 Å². The van der Waals surface area contributed by atoms with Crippen molar-refractivity contribution in [1.29, 1.82) is 0 Å². The van der Waals surface area contributed by atoms with Gasteiger partial charge in [-0.2, -0.15) is 0 Å². The van der Waals surface area contributed by atoms with Crippen molar-refractivity contribution in [2.45, 2.75) is 33.7 Å². The zero-order valence-electron chi connectivity index (χ0n) is 16.1. The molecule has 0 aliphatic heterocycles. The van der Waals surface area contributed by atoms with Crippen LogP contribution in [0, 0.1) is 20.8 Å². The van der Waals surface area contributed by atoms with E-state index < -0.39 is 24.5 Å². The molecule has 2 N–H and O–H groups in total. The Kier molecular flexibility index (Phi) is 6.39. The molecule has 0 spiro atoms. The van der Waals surface area contributed by atoms with Gasteiger partial charge in [0.25, 0.3) is 5.91 Å². The fraction of sp³-hybridized carbons (Fsp3) is 0.350. The Balaban J connectivity index is 1.98. The Labute approximate surface area is 158 Å². The van der Waals surface area contributed by atoms with Gasteiger partial charge in [-0.15, -0.1) is 0 Å². The molecule has 1 aromatic heterocycles. The van der Waals surface area contributed by atoms with Crippen molar-refractivity contribution in [3.8, 4) is 0 Å². The lowest BCUT2D eigenvalue weighted by Crippen LogP contribution is -2.31. The molecule has 1 aromatic carbocycles. The minimum atomic E-state index is -0.704. The quantitative estimate of drug-likeness (QED) is 0.760. The molecule has 27 heavy (non-hydrogen) atoms. The first-order valence-corrected chi connectivity index (χ1v) is 8.55. The van der Waals surface area contributed by atoms with Gasteiger partial charge in [0, 0.05) is 5.69 Å². The number of nitrogens with one attached hydrogen (secondary N) is 2. The third kappa shape index (κ3) is 4.55. The molecule has 0 bridgehead atoms. The molecule has 0 aliphatic rings. The Morgan fingerprint density at radius 1 is 1.11 bits per heavy atom. The lowest BCUT2D eigenvalue weighted by atomic mass is 10.0. The molecule has 1 unspecified atom stereocenters. The minimum Gasteiger partial charge on any atom is -0.465 e. The average molecular weight is 372 g/mol. The number of ether oxygens (including phenoxy) is 2. The van der Waals surface area contributed by atoms with Gasteiger partial charge in [0.2, 0.25) is 0 Å². The first kappa shape index (κ1) is 20.2. The summed E-state index contributed by atoms with van der Waals surface area (Å²) in [7, 11) is 1.27. The molecule has 144 valence electrons. The van der Waals surface area contributed by atoms with E-state index in [0.29, 0.717) is 16.8 Å². The SMILES string of the molecule is COC(=O)c1c(C)[nH]c(C(=O)OCC(=O)NC(C)c2ccccc2C)c1C. The Morgan fingerprint density at radius 2 is 1.78 bits per heavy atom. The van der Waals surface area contributed by atoms with Gasteiger partial charge in [-0.3, -0.25) is 4.79 Å². The number of aromatic amines is 1. The lowest BCUT2D eigenvalue weighted by molar-refractivity contribution is -0.124. The number of aryl methyl sites for hydroxylation is 2. The van der Waals surface area contributed by atoms with Gasteiger partial charge < -0.3 is 19.8 Å². The molecule has 0 radical (unpaired) electrons. The number of rotatable bonds is 6. The maximum absolute atomic E-state index is 12.3. The summed E-state index contributed by atoms with van der Waals surface area (Å²) in [6.07, 6.45) is 0. The largest absolute Gasteiger partial charge is 0.465 e. The third-order valence-corrected chi connectivity index (χ3v) is 4.40. The molecular formula is C20H24N2O5. The topological polar surface area (TPSA) is 97.5 Å². The summed E-state index contributed by atoms with van der Waals surface area (Å²) in [5.74, 6) is -1.65. The fourth-order valence-corrected chi connectivity index (χ4v) is 3.00. The normalized spacial score (nSPS) is 11.6. The predicted molar refractivity (Wildman–Crippen MR) is 99.6 cm³/mol. The van der Waals surface area contributed by atoms with Gasteiger partial charge in [-0.25, -0.2) is 9.59 Å². The molecule has 1 heterocycles. The highest BCUT2D eigenvalue weighted by Crippen LogP contribution is 2.20. The molecule has 1 amide bonds. The number of H-pyrrole nitrogens is 1. The van der Waals surface area contributed by atoms with E-state index in [1.54, 1.807) is 13.8 Å². The van der Waals surface area contributed by atoms with Crippen LogP contribution in [0.25, 0.3) is 0 Å². The van der Waals surface area contributed by atoms with Crippen molar-refractivity contribution in [3.05, 3.63) is 57.9 Å². The summed E-state index contributed by atoms with van der Waals surface area (Å²) in [6.45, 7) is 6.69. The van der Waals surface area contributed by atoms with Crippen molar-refractivity contribution in [2.75, 3.05) is 13.7 Å². The van der Waals surface area contributed by atoms with Crippen LogP contribution in [0.2, 0.25) is 0 Å². The number of carbonyl (C=O) groups is 3. The van der Waals surface area contributed by atoms with E-state index in [-0.39, 0.29) is 11.7 Å². The number of hydrogen-bond donors (Lipinski definition) is 2. The van der Waals surface area contributed by atoms with Crippen LogP contribution in [0.4, 0.5) is 0 Å². The third-order valence-electron chi connectivity index (χ3n) is 4.40. The molecule has 0 aliphatic carbocycles. The van der Waals surface area contributed by atoms with Crippen molar-refractivity contribution >= 4 is 17.8 Å². The second-order valence-corrected chi connectivity index (χ2v) is 6.34. The molecule has 7 nitrogen and oxygen atoms in total. The summed E-state index contributed by atoms with van der Waals surface area (Å²) in [5.41, 5.74) is 3.42. The second-order valence-electron chi connectivity index (χ2n) is 6.34. The van der Waals surface area contributed by atoms with Crippen molar-refractivity contribution in [3.63, 3.8) is 0 Å². The lowest BCUT2D eigenvalue weighted by Gasteiger charge is -2.16. The van der Waals surface area contributed by atoms with E-state index in [0.717, 1.165) is 11.1 Å². The van der Waals surface area contributed by atoms with Crippen LogP contribution in [-0.2, 0) is 14.3 Å². The molecule has 0 saturated heterocycles. The maximum atomic E-state index is 12.3. The average Bonchev–Trinajstić information content (AvgIpc) is 2.93. The van der Waals surface area contributed by atoms with Gasteiger partial charge in [0.15, 0.2) is 6.61 Å². The first-order chi connectivity index (χ1) is 12.8. The molecule has 2 aromatic rings. The maximum Gasteiger partial charge on any atom is 0.355 e. The Bertz CT molecular complexity index is 869. The summed E-state index contributed by atoms with van der Waals surface area (Å²) < 4.78 is 9.79.